The minimum atomic E-state index is 0.434. The molecule has 138 valence electrons. The van der Waals surface area contributed by atoms with Crippen molar-refractivity contribution in [2.24, 2.45) is 7.05 Å². The Hall–Kier alpha value is -2.41. The van der Waals surface area contributed by atoms with E-state index in [0.29, 0.717) is 23.8 Å². The van der Waals surface area contributed by atoms with E-state index in [1.807, 2.05) is 31.7 Å². The standard InChI is InChI=1S/C19H27N7/c1-12(2)23-15-6-4-5-13(7-15)17-8-18(20)26-19(24-17)16(10-22-26)14-9-21-25(3)11-14/h8-13,15,23H,4-7,20H2,1-3H3/t13-,15+/m0/s1. The monoisotopic (exact) mass is 353 g/mol. The van der Waals surface area contributed by atoms with Crippen molar-refractivity contribution >= 4 is 11.5 Å². The van der Waals surface area contributed by atoms with Crippen LogP contribution in [0.4, 0.5) is 5.82 Å². The Morgan fingerprint density at radius 2 is 2.08 bits per heavy atom. The molecular formula is C19H27N7. The van der Waals surface area contributed by atoms with Crippen LogP contribution in [0.5, 0.6) is 0 Å². The van der Waals surface area contributed by atoms with Crippen LogP contribution in [0.15, 0.2) is 24.7 Å². The molecule has 7 heteroatoms. The molecule has 0 amide bonds. The lowest BCUT2D eigenvalue weighted by Gasteiger charge is -2.31. The lowest BCUT2D eigenvalue weighted by Crippen LogP contribution is -2.38. The maximum absolute atomic E-state index is 6.30. The van der Waals surface area contributed by atoms with Crippen LogP contribution in [0.2, 0.25) is 0 Å². The number of aryl methyl sites for hydroxylation is 1. The molecule has 3 aromatic heterocycles. The number of anilines is 1. The summed E-state index contributed by atoms with van der Waals surface area (Å²) < 4.78 is 3.51. The number of nitrogens with zero attached hydrogens (tertiary/aromatic N) is 5. The van der Waals surface area contributed by atoms with Crippen molar-refractivity contribution in [2.75, 3.05) is 5.73 Å². The Morgan fingerprint density at radius 1 is 1.23 bits per heavy atom. The van der Waals surface area contributed by atoms with E-state index in [9.17, 15) is 0 Å². The second-order valence-corrected chi connectivity index (χ2v) is 7.68. The van der Waals surface area contributed by atoms with Gasteiger partial charge in [0.1, 0.15) is 5.82 Å². The third-order valence-electron chi connectivity index (χ3n) is 5.20. The molecule has 1 aliphatic rings. The fourth-order valence-electron chi connectivity index (χ4n) is 4.06. The molecule has 1 saturated carbocycles. The molecule has 0 aliphatic heterocycles. The summed E-state index contributed by atoms with van der Waals surface area (Å²) in [5, 5.41) is 12.4. The van der Waals surface area contributed by atoms with Crippen LogP contribution in [0.3, 0.4) is 0 Å². The van der Waals surface area contributed by atoms with Crippen LogP contribution >= 0.6 is 0 Å². The first kappa shape index (κ1) is 17.0. The van der Waals surface area contributed by atoms with Gasteiger partial charge < -0.3 is 11.1 Å². The number of hydrogen-bond acceptors (Lipinski definition) is 5. The predicted molar refractivity (Wildman–Crippen MR) is 103 cm³/mol. The molecule has 4 rings (SSSR count). The number of rotatable bonds is 4. The zero-order valence-electron chi connectivity index (χ0n) is 15.7. The van der Waals surface area contributed by atoms with Gasteiger partial charge in [0.25, 0.3) is 0 Å². The van der Waals surface area contributed by atoms with E-state index in [-0.39, 0.29) is 0 Å². The number of hydrogen-bond donors (Lipinski definition) is 2. The van der Waals surface area contributed by atoms with Gasteiger partial charge in [-0.2, -0.15) is 14.7 Å². The normalized spacial score (nSPS) is 20.9. The molecular weight excluding hydrogens is 326 g/mol. The van der Waals surface area contributed by atoms with Crippen LogP contribution in [0.1, 0.15) is 51.1 Å². The lowest BCUT2D eigenvalue weighted by molar-refractivity contribution is 0.319. The molecule has 7 nitrogen and oxygen atoms in total. The van der Waals surface area contributed by atoms with Gasteiger partial charge in [0.2, 0.25) is 0 Å². The van der Waals surface area contributed by atoms with Gasteiger partial charge >= 0.3 is 0 Å². The summed E-state index contributed by atoms with van der Waals surface area (Å²) in [5.41, 5.74) is 10.2. The van der Waals surface area contributed by atoms with E-state index in [0.717, 1.165) is 35.3 Å². The molecule has 0 radical (unpaired) electrons. The Balaban J connectivity index is 1.70. The average Bonchev–Trinajstić information content (AvgIpc) is 3.20. The molecule has 2 atom stereocenters. The molecule has 0 unspecified atom stereocenters. The minimum Gasteiger partial charge on any atom is -0.384 e. The summed E-state index contributed by atoms with van der Waals surface area (Å²) in [7, 11) is 1.91. The summed E-state index contributed by atoms with van der Waals surface area (Å²) in [6.45, 7) is 4.41. The highest BCUT2D eigenvalue weighted by atomic mass is 15.3. The fraction of sp³-hybridized carbons (Fsp3) is 0.526. The molecule has 0 aromatic carbocycles. The summed E-state index contributed by atoms with van der Waals surface area (Å²) in [5.74, 6) is 1.07. The molecule has 26 heavy (non-hydrogen) atoms. The highest BCUT2D eigenvalue weighted by molar-refractivity contribution is 5.77. The SMILES string of the molecule is CC(C)N[C@@H]1CCC[C@H](c2cc(N)n3ncc(-c4cnn(C)c4)c3n2)C1. The Morgan fingerprint density at radius 3 is 2.81 bits per heavy atom. The Labute approximate surface area is 153 Å². The van der Waals surface area contributed by atoms with Gasteiger partial charge in [0.15, 0.2) is 5.65 Å². The van der Waals surface area contributed by atoms with Gasteiger partial charge in [-0.25, -0.2) is 4.98 Å². The first-order chi connectivity index (χ1) is 12.5. The zero-order chi connectivity index (χ0) is 18.3. The van der Waals surface area contributed by atoms with Crippen molar-refractivity contribution in [3.05, 3.63) is 30.4 Å². The number of nitrogens with two attached hydrogens (primary N) is 1. The second kappa shape index (κ2) is 6.72. The first-order valence-corrected chi connectivity index (χ1v) is 9.40. The quantitative estimate of drug-likeness (QED) is 0.753. The molecule has 0 saturated heterocycles. The Kier molecular flexibility index (Phi) is 4.40. The maximum atomic E-state index is 6.30. The fourth-order valence-corrected chi connectivity index (χ4v) is 4.06. The zero-order valence-corrected chi connectivity index (χ0v) is 15.7. The average molecular weight is 353 g/mol. The van der Waals surface area contributed by atoms with Crippen LogP contribution in [0.25, 0.3) is 16.8 Å². The molecule has 1 aliphatic carbocycles. The summed E-state index contributed by atoms with van der Waals surface area (Å²) in [6, 6.07) is 3.05. The lowest BCUT2D eigenvalue weighted by atomic mass is 9.83. The predicted octanol–water partition coefficient (Wildman–Crippen LogP) is 2.74. The number of nitrogens with one attached hydrogen (secondary N) is 1. The third-order valence-corrected chi connectivity index (χ3v) is 5.20. The topological polar surface area (TPSA) is 86.1 Å². The highest BCUT2D eigenvalue weighted by Crippen LogP contribution is 2.34. The maximum Gasteiger partial charge on any atom is 0.165 e. The molecule has 1 fully saturated rings. The van der Waals surface area contributed by atoms with Crippen LogP contribution in [-0.2, 0) is 7.05 Å². The second-order valence-electron chi connectivity index (χ2n) is 7.68. The summed E-state index contributed by atoms with van der Waals surface area (Å²) >= 11 is 0. The van der Waals surface area contributed by atoms with Gasteiger partial charge in [-0.3, -0.25) is 4.68 Å². The van der Waals surface area contributed by atoms with Crippen LogP contribution < -0.4 is 11.1 Å². The van der Waals surface area contributed by atoms with Gasteiger partial charge in [0, 0.05) is 54.1 Å². The largest absolute Gasteiger partial charge is 0.384 e. The van der Waals surface area contributed by atoms with Crippen molar-refractivity contribution in [2.45, 2.75) is 57.5 Å². The van der Waals surface area contributed by atoms with E-state index < -0.39 is 0 Å². The van der Waals surface area contributed by atoms with E-state index in [1.54, 1.807) is 9.20 Å². The van der Waals surface area contributed by atoms with E-state index in [1.165, 1.54) is 12.8 Å². The van der Waals surface area contributed by atoms with Crippen molar-refractivity contribution in [1.82, 2.24) is 29.7 Å². The van der Waals surface area contributed by atoms with Crippen molar-refractivity contribution < 1.29 is 0 Å². The number of aromatic nitrogens is 5. The van der Waals surface area contributed by atoms with E-state index >= 15 is 0 Å². The van der Waals surface area contributed by atoms with Crippen LogP contribution in [0, 0.1) is 0 Å². The molecule has 0 bridgehead atoms. The van der Waals surface area contributed by atoms with Gasteiger partial charge in [-0.05, 0) is 19.3 Å². The van der Waals surface area contributed by atoms with Gasteiger partial charge in [-0.15, -0.1) is 0 Å². The third kappa shape index (κ3) is 3.19. The number of nitrogen functional groups attached to an aromatic ring is 1. The molecule has 0 spiro atoms. The van der Waals surface area contributed by atoms with Crippen molar-refractivity contribution in [3.8, 4) is 11.1 Å². The molecule has 3 aromatic rings. The van der Waals surface area contributed by atoms with Crippen LogP contribution in [-0.4, -0.2) is 36.5 Å². The molecule has 3 N–H and O–H groups in total. The van der Waals surface area contributed by atoms with E-state index in [4.69, 9.17) is 10.7 Å². The first-order valence-electron chi connectivity index (χ1n) is 9.40. The minimum absolute atomic E-state index is 0.434. The number of fused-ring (bicyclic) bond motifs is 1. The van der Waals surface area contributed by atoms with Gasteiger partial charge in [-0.1, -0.05) is 20.3 Å². The van der Waals surface area contributed by atoms with Crippen molar-refractivity contribution in [1.29, 1.82) is 0 Å². The van der Waals surface area contributed by atoms with Gasteiger partial charge in [0.05, 0.1) is 12.4 Å². The smallest absolute Gasteiger partial charge is 0.165 e. The summed E-state index contributed by atoms with van der Waals surface area (Å²) in [4.78, 5) is 4.97. The van der Waals surface area contributed by atoms with E-state index in [2.05, 4.69) is 29.4 Å². The molecule has 3 heterocycles. The van der Waals surface area contributed by atoms with Crippen molar-refractivity contribution in [3.63, 3.8) is 0 Å². The Bertz CT molecular complexity index is 908. The summed E-state index contributed by atoms with van der Waals surface area (Å²) in [6.07, 6.45) is 10.4. The highest BCUT2D eigenvalue weighted by Gasteiger charge is 2.26.